The third-order valence-electron chi connectivity index (χ3n) is 4.27. The van der Waals surface area contributed by atoms with Gasteiger partial charge in [0.2, 0.25) is 0 Å². The van der Waals surface area contributed by atoms with Crippen molar-refractivity contribution in [2.75, 3.05) is 32.8 Å². The van der Waals surface area contributed by atoms with E-state index in [1.165, 1.54) is 50.9 Å². The molecule has 0 amide bonds. The highest BCUT2D eigenvalue weighted by molar-refractivity contribution is 5.14. The molecule has 0 N–H and O–H groups in total. The molecule has 1 aromatic carbocycles. The molecule has 1 fully saturated rings. The first-order valence-corrected chi connectivity index (χ1v) is 8.18. The second-order valence-electron chi connectivity index (χ2n) is 6.08. The molecule has 0 spiro atoms. The molecular formula is C18H29NO. The highest BCUT2D eigenvalue weighted by Crippen LogP contribution is 2.16. The zero-order valence-electron chi connectivity index (χ0n) is 12.9. The molecule has 1 aromatic rings. The van der Waals surface area contributed by atoms with Crippen molar-refractivity contribution in [3.63, 3.8) is 0 Å². The Morgan fingerprint density at radius 1 is 1.05 bits per heavy atom. The van der Waals surface area contributed by atoms with Gasteiger partial charge in [0, 0.05) is 6.61 Å². The summed E-state index contributed by atoms with van der Waals surface area (Å²) in [5, 5.41) is 0. The summed E-state index contributed by atoms with van der Waals surface area (Å²) in [5.41, 5.74) is 1.37. The summed E-state index contributed by atoms with van der Waals surface area (Å²) in [5.74, 6) is 0.938. The molecule has 112 valence electrons. The molecule has 1 aliphatic rings. The minimum absolute atomic E-state index is 0.852. The minimum atomic E-state index is 0.852. The smallest absolute Gasteiger partial charge is 0.0506 e. The number of benzene rings is 1. The molecule has 0 aromatic heterocycles. The van der Waals surface area contributed by atoms with Gasteiger partial charge in [-0.2, -0.15) is 0 Å². The van der Waals surface area contributed by atoms with Crippen LogP contribution in [0.4, 0.5) is 0 Å². The number of ether oxygens (including phenoxy) is 1. The van der Waals surface area contributed by atoms with E-state index in [-0.39, 0.29) is 0 Å². The summed E-state index contributed by atoms with van der Waals surface area (Å²) in [6.45, 7) is 8.00. The van der Waals surface area contributed by atoms with Crippen LogP contribution in [-0.2, 0) is 11.2 Å². The molecule has 20 heavy (non-hydrogen) atoms. The molecule has 0 unspecified atom stereocenters. The van der Waals surface area contributed by atoms with Crippen molar-refractivity contribution in [2.45, 2.75) is 39.0 Å². The monoisotopic (exact) mass is 275 g/mol. The molecule has 0 aliphatic carbocycles. The van der Waals surface area contributed by atoms with Crippen molar-refractivity contribution in [2.24, 2.45) is 5.92 Å². The topological polar surface area (TPSA) is 12.5 Å². The Balaban J connectivity index is 1.42. The number of likely N-dealkylation sites (tertiary alicyclic amines) is 1. The second-order valence-corrected chi connectivity index (χ2v) is 6.08. The predicted octanol–water partition coefficient (Wildman–Crippen LogP) is 3.76. The number of piperidine rings is 1. The van der Waals surface area contributed by atoms with Crippen LogP contribution in [-0.4, -0.2) is 37.7 Å². The Bertz CT molecular complexity index is 344. The van der Waals surface area contributed by atoms with E-state index in [1.807, 2.05) is 0 Å². The van der Waals surface area contributed by atoms with Gasteiger partial charge in [0.05, 0.1) is 6.61 Å². The van der Waals surface area contributed by atoms with Gasteiger partial charge in [-0.05, 0) is 63.2 Å². The number of nitrogens with zero attached hydrogens (tertiary/aromatic N) is 1. The van der Waals surface area contributed by atoms with E-state index >= 15 is 0 Å². The Labute approximate surface area is 124 Å². The normalized spacial score (nSPS) is 17.4. The van der Waals surface area contributed by atoms with Crippen molar-refractivity contribution >= 4 is 0 Å². The van der Waals surface area contributed by atoms with Gasteiger partial charge in [0.15, 0.2) is 0 Å². The Morgan fingerprint density at radius 2 is 1.80 bits per heavy atom. The molecule has 1 heterocycles. The van der Waals surface area contributed by atoms with E-state index in [0.717, 1.165) is 25.6 Å². The Morgan fingerprint density at radius 3 is 2.55 bits per heavy atom. The number of hydrogen-bond donors (Lipinski definition) is 0. The molecule has 1 saturated heterocycles. The summed E-state index contributed by atoms with van der Waals surface area (Å²) >= 11 is 0. The third-order valence-corrected chi connectivity index (χ3v) is 4.27. The Hall–Kier alpha value is -0.860. The van der Waals surface area contributed by atoms with Gasteiger partial charge in [-0.1, -0.05) is 37.3 Å². The van der Waals surface area contributed by atoms with Gasteiger partial charge in [-0.15, -0.1) is 0 Å². The fourth-order valence-corrected chi connectivity index (χ4v) is 2.76. The van der Waals surface area contributed by atoms with Crippen LogP contribution in [0.15, 0.2) is 30.3 Å². The first-order valence-electron chi connectivity index (χ1n) is 8.18. The van der Waals surface area contributed by atoms with Crippen molar-refractivity contribution in [1.29, 1.82) is 0 Å². The quantitative estimate of drug-likeness (QED) is 0.670. The number of unbranched alkanes of at least 4 members (excludes halogenated alkanes) is 1. The zero-order chi connectivity index (χ0) is 14.0. The molecule has 2 nitrogen and oxygen atoms in total. The molecule has 0 radical (unpaired) electrons. The maximum Gasteiger partial charge on any atom is 0.0506 e. The van der Waals surface area contributed by atoms with E-state index in [4.69, 9.17) is 4.74 Å². The van der Waals surface area contributed by atoms with Crippen LogP contribution in [0.2, 0.25) is 0 Å². The number of hydrogen-bond acceptors (Lipinski definition) is 2. The van der Waals surface area contributed by atoms with Gasteiger partial charge in [-0.25, -0.2) is 0 Å². The first-order chi connectivity index (χ1) is 9.84. The third kappa shape index (κ3) is 6.06. The van der Waals surface area contributed by atoms with Gasteiger partial charge in [0.1, 0.15) is 0 Å². The molecular weight excluding hydrogens is 246 g/mol. The molecule has 0 bridgehead atoms. The van der Waals surface area contributed by atoms with E-state index in [1.54, 1.807) is 0 Å². The van der Waals surface area contributed by atoms with E-state index in [2.05, 4.69) is 42.2 Å². The molecule has 1 aliphatic heterocycles. The van der Waals surface area contributed by atoms with E-state index in [9.17, 15) is 0 Å². The summed E-state index contributed by atoms with van der Waals surface area (Å²) < 4.78 is 5.73. The van der Waals surface area contributed by atoms with Crippen molar-refractivity contribution in [3.05, 3.63) is 35.9 Å². The highest BCUT2D eigenvalue weighted by atomic mass is 16.5. The average molecular weight is 275 g/mol. The van der Waals surface area contributed by atoms with Crippen LogP contribution in [0.25, 0.3) is 0 Å². The number of rotatable bonds is 8. The first kappa shape index (κ1) is 15.5. The van der Waals surface area contributed by atoms with Crippen LogP contribution < -0.4 is 0 Å². The molecule has 0 saturated carbocycles. The summed E-state index contributed by atoms with van der Waals surface area (Å²) in [6.07, 6.45) is 6.27. The van der Waals surface area contributed by atoms with Crippen LogP contribution in [0.5, 0.6) is 0 Å². The van der Waals surface area contributed by atoms with Gasteiger partial charge < -0.3 is 9.64 Å². The maximum atomic E-state index is 5.73. The molecule has 2 rings (SSSR count). The fraction of sp³-hybridized carbons (Fsp3) is 0.667. The van der Waals surface area contributed by atoms with Crippen molar-refractivity contribution < 1.29 is 4.74 Å². The van der Waals surface area contributed by atoms with Crippen molar-refractivity contribution in [1.82, 2.24) is 4.90 Å². The van der Waals surface area contributed by atoms with Crippen molar-refractivity contribution in [3.8, 4) is 0 Å². The lowest BCUT2D eigenvalue weighted by Crippen LogP contribution is -2.33. The SMILES string of the molecule is CC1CCN(CCCCOCCc2ccccc2)CC1. The van der Waals surface area contributed by atoms with Gasteiger partial charge >= 0.3 is 0 Å². The average Bonchev–Trinajstić information content (AvgIpc) is 2.49. The van der Waals surface area contributed by atoms with E-state index in [0.29, 0.717) is 0 Å². The van der Waals surface area contributed by atoms with Crippen LogP contribution in [0.1, 0.15) is 38.2 Å². The summed E-state index contributed by atoms with van der Waals surface area (Å²) in [6, 6.07) is 10.6. The Kier molecular flexibility index (Phi) is 7.10. The summed E-state index contributed by atoms with van der Waals surface area (Å²) in [7, 11) is 0. The lowest BCUT2D eigenvalue weighted by molar-refractivity contribution is 0.126. The highest BCUT2D eigenvalue weighted by Gasteiger charge is 2.14. The molecule has 0 atom stereocenters. The van der Waals surface area contributed by atoms with Crippen LogP contribution in [0.3, 0.4) is 0 Å². The lowest BCUT2D eigenvalue weighted by Gasteiger charge is -2.30. The molecule has 2 heteroatoms. The van der Waals surface area contributed by atoms with Crippen LogP contribution in [0, 0.1) is 5.92 Å². The second kappa shape index (κ2) is 9.15. The maximum absolute atomic E-state index is 5.73. The predicted molar refractivity (Wildman–Crippen MR) is 85.0 cm³/mol. The van der Waals surface area contributed by atoms with E-state index < -0.39 is 0 Å². The lowest BCUT2D eigenvalue weighted by atomic mass is 9.99. The minimum Gasteiger partial charge on any atom is -0.381 e. The largest absolute Gasteiger partial charge is 0.381 e. The van der Waals surface area contributed by atoms with Gasteiger partial charge in [0.25, 0.3) is 0 Å². The van der Waals surface area contributed by atoms with Crippen LogP contribution >= 0.6 is 0 Å². The van der Waals surface area contributed by atoms with Gasteiger partial charge in [-0.3, -0.25) is 0 Å². The zero-order valence-corrected chi connectivity index (χ0v) is 12.9. The summed E-state index contributed by atoms with van der Waals surface area (Å²) in [4.78, 5) is 2.62. The fourth-order valence-electron chi connectivity index (χ4n) is 2.76. The standard InChI is InChI=1S/C18H29NO/c1-17-9-13-19(14-10-17)12-5-6-15-20-16-11-18-7-3-2-4-8-18/h2-4,7-8,17H,5-6,9-16H2,1H3.